The molecule has 0 amide bonds. The molecule has 1 rings (SSSR count). The van der Waals surface area contributed by atoms with Crippen LogP contribution in [-0.2, 0) is 0 Å². The molecule has 3 N–H and O–H groups in total. The predicted molar refractivity (Wildman–Crippen MR) is 93.0 cm³/mol. The lowest BCUT2D eigenvalue weighted by molar-refractivity contribution is 0.181. The van der Waals surface area contributed by atoms with Crippen molar-refractivity contribution in [2.45, 2.75) is 53.6 Å². The highest BCUT2D eigenvalue weighted by atomic mass is 15.2. The van der Waals surface area contributed by atoms with Crippen LogP contribution in [0, 0.1) is 13.8 Å². The SMILES string of the molecule is Cc1cc(C)cc(NC(N)=NCCN(C(C)C)C(C)C)c1. The second kappa shape index (κ2) is 8.03. The van der Waals surface area contributed by atoms with E-state index in [-0.39, 0.29) is 0 Å². The Morgan fingerprint density at radius 1 is 1.10 bits per heavy atom. The standard InChI is InChI=1S/C17H30N4/c1-12(2)21(13(3)4)8-7-19-17(18)20-16-10-14(5)9-15(6)11-16/h9-13H,7-8H2,1-6H3,(H3,18,19,20). The Morgan fingerprint density at radius 3 is 2.10 bits per heavy atom. The summed E-state index contributed by atoms with van der Waals surface area (Å²) in [4.78, 5) is 6.84. The van der Waals surface area contributed by atoms with Crippen LogP contribution in [0.15, 0.2) is 23.2 Å². The van der Waals surface area contributed by atoms with Gasteiger partial charge >= 0.3 is 0 Å². The number of guanidine groups is 1. The minimum absolute atomic E-state index is 0.479. The van der Waals surface area contributed by atoms with Crippen molar-refractivity contribution in [3.05, 3.63) is 29.3 Å². The van der Waals surface area contributed by atoms with Crippen LogP contribution in [-0.4, -0.2) is 36.0 Å². The Hall–Kier alpha value is -1.55. The van der Waals surface area contributed by atoms with Crippen molar-refractivity contribution < 1.29 is 0 Å². The zero-order valence-electron chi connectivity index (χ0n) is 14.3. The van der Waals surface area contributed by atoms with Crippen molar-refractivity contribution >= 4 is 11.6 Å². The van der Waals surface area contributed by atoms with Crippen molar-refractivity contribution in [1.82, 2.24) is 4.90 Å². The van der Waals surface area contributed by atoms with Gasteiger partial charge < -0.3 is 11.1 Å². The Morgan fingerprint density at radius 2 is 1.62 bits per heavy atom. The number of rotatable bonds is 6. The minimum Gasteiger partial charge on any atom is -0.370 e. The zero-order valence-corrected chi connectivity index (χ0v) is 14.3. The van der Waals surface area contributed by atoms with Gasteiger partial charge in [0.05, 0.1) is 6.54 Å². The molecule has 0 aromatic heterocycles. The molecule has 21 heavy (non-hydrogen) atoms. The quantitative estimate of drug-likeness (QED) is 0.625. The maximum absolute atomic E-state index is 5.96. The number of benzene rings is 1. The molecule has 4 heteroatoms. The number of anilines is 1. The number of nitrogens with one attached hydrogen (secondary N) is 1. The van der Waals surface area contributed by atoms with Crippen molar-refractivity contribution in [2.75, 3.05) is 18.4 Å². The summed E-state index contributed by atoms with van der Waals surface area (Å²) in [6.45, 7) is 14.6. The number of aryl methyl sites for hydroxylation is 2. The van der Waals surface area contributed by atoms with Crippen molar-refractivity contribution in [1.29, 1.82) is 0 Å². The van der Waals surface area contributed by atoms with Gasteiger partial charge in [0, 0.05) is 24.3 Å². The van der Waals surface area contributed by atoms with Gasteiger partial charge in [0.25, 0.3) is 0 Å². The molecule has 1 aromatic carbocycles. The third-order valence-corrected chi connectivity index (χ3v) is 3.46. The van der Waals surface area contributed by atoms with E-state index in [2.05, 4.69) is 75.0 Å². The lowest BCUT2D eigenvalue weighted by Crippen LogP contribution is -2.39. The van der Waals surface area contributed by atoms with Gasteiger partial charge in [0.15, 0.2) is 5.96 Å². The summed E-state index contributed by atoms with van der Waals surface area (Å²) in [6.07, 6.45) is 0. The highest BCUT2D eigenvalue weighted by Crippen LogP contribution is 2.13. The van der Waals surface area contributed by atoms with Gasteiger partial charge in [-0.1, -0.05) is 6.07 Å². The second-order valence-electron chi connectivity index (χ2n) is 6.19. The van der Waals surface area contributed by atoms with Gasteiger partial charge in [-0.3, -0.25) is 9.89 Å². The molecular formula is C17H30N4. The topological polar surface area (TPSA) is 53.6 Å². The van der Waals surface area contributed by atoms with Gasteiger partial charge in [0.1, 0.15) is 0 Å². The van der Waals surface area contributed by atoms with E-state index in [4.69, 9.17) is 5.73 Å². The summed E-state index contributed by atoms with van der Waals surface area (Å²) in [5, 5.41) is 3.16. The van der Waals surface area contributed by atoms with Crippen molar-refractivity contribution in [3.8, 4) is 0 Å². The Balaban J connectivity index is 2.57. The predicted octanol–water partition coefficient (Wildman–Crippen LogP) is 3.15. The van der Waals surface area contributed by atoms with Crippen LogP contribution < -0.4 is 11.1 Å². The van der Waals surface area contributed by atoms with Crippen LogP contribution in [0.25, 0.3) is 0 Å². The van der Waals surface area contributed by atoms with Gasteiger partial charge in [0.2, 0.25) is 0 Å². The maximum Gasteiger partial charge on any atom is 0.193 e. The zero-order chi connectivity index (χ0) is 16.0. The molecule has 0 aliphatic heterocycles. The smallest absolute Gasteiger partial charge is 0.193 e. The van der Waals surface area contributed by atoms with Gasteiger partial charge in [-0.2, -0.15) is 0 Å². The van der Waals surface area contributed by atoms with Crippen LogP contribution in [0.5, 0.6) is 0 Å². The van der Waals surface area contributed by atoms with Gasteiger partial charge in [-0.25, -0.2) is 0 Å². The first-order valence-electron chi connectivity index (χ1n) is 7.70. The normalized spacial score (nSPS) is 12.5. The highest BCUT2D eigenvalue weighted by molar-refractivity contribution is 5.92. The molecule has 0 saturated heterocycles. The molecule has 0 aliphatic rings. The Kier molecular flexibility index (Phi) is 6.69. The Labute approximate surface area is 129 Å². The molecule has 0 saturated carbocycles. The molecule has 4 nitrogen and oxygen atoms in total. The first-order valence-corrected chi connectivity index (χ1v) is 7.70. The van der Waals surface area contributed by atoms with E-state index in [1.165, 1.54) is 11.1 Å². The summed E-state index contributed by atoms with van der Waals surface area (Å²) in [6, 6.07) is 7.33. The molecule has 0 radical (unpaired) electrons. The summed E-state index contributed by atoms with van der Waals surface area (Å²) in [7, 11) is 0. The van der Waals surface area contributed by atoms with E-state index in [9.17, 15) is 0 Å². The summed E-state index contributed by atoms with van der Waals surface area (Å²) >= 11 is 0. The lowest BCUT2D eigenvalue weighted by atomic mass is 10.1. The van der Waals surface area contributed by atoms with Crippen molar-refractivity contribution in [3.63, 3.8) is 0 Å². The molecular weight excluding hydrogens is 260 g/mol. The fourth-order valence-electron chi connectivity index (χ4n) is 2.63. The average Bonchev–Trinajstić information content (AvgIpc) is 2.32. The van der Waals surface area contributed by atoms with E-state index in [0.717, 1.165) is 12.2 Å². The number of hydrogen-bond donors (Lipinski definition) is 2. The fourth-order valence-corrected chi connectivity index (χ4v) is 2.63. The van der Waals surface area contributed by atoms with Crippen LogP contribution in [0.3, 0.4) is 0 Å². The van der Waals surface area contributed by atoms with E-state index in [0.29, 0.717) is 24.6 Å². The van der Waals surface area contributed by atoms with Crippen molar-refractivity contribution in [2.24, 2.45) is 10.7 Å². The van der Waals surface area contributed by atoms with Crippen LogP contribution in [0.1, 0.15) is 38.8 Å². The lowest BCUT2D eigenvalue weighted by Gasteiger charge is -2.29. The number of hydrogen-bond acceptors (Lipinski definition) is 2. The van der Waals surface area contributed by atoms with E-state index < -0.39 is 0 Å². The highest BCUT2D eigenvalue weighted by Gasteiger charge is 2.12. The first kappa shape index (κ1) is 17.5. The molecule has 0 heterocycles. The Bertz CT molecular complexity index is 449. The monoisotopic (exact) mass is 290 g/mol. The van der Waals surface area contributed by atoms with E-state index in [1.54, 1.807) is 0 Å². The molecule has 0 spiro atoms. The molecule has 0 bridgehead atoms. The van der Waals surface area contributed by atoms with Gasteiger partial charge in [-0.15, -0.1) is 0 Å². The molecule has 1 aromatic rings. The summed E-state index contributed by atoms with van der Waals surface area (Å²) < 4.78 is 0. The third kappa shape index (κ3) is 6.17. The minimum atomic E-state index is 0.479. The number of nitrogens with zero attached hydrogens (tertiary/aromatic N) is 2. The van der Waals surface area contributed by atoms with Gasteiger partial charge in [-0.05, 0) is 64.8 Å². The first-order chi connectivity index (χ1) is 9.79. The molecule has 0 fully saturated rings. The third-order valence-electron chi connectivity index (χ3n) is 3.46. The number of nitrogens with two attached hydrogens (primary N) is 1. The molecule has 118 valence electrons. The maximum atomic E-state index is 5.96. The average molecular weight is 290 g/mol. The second-order valence-corrected chi connectivity index (χ2v) is 6.19. The van der Waals surface area contributed by atoms with E-state index in [1.807, 2.05) is 0 Å². The van der Waals surface area contributed by atoms with E-state index >= 15 is 0 Å². The fraction of sp³-hybridized carbons (Fsp3) is 0.588. The molecule has 0 atom stereocenters. The van der Waals surface area contributed by atoms with Crippen LogP contribution in [0.2, 0.25) is 0 Å². The largest absolute Gasteiger partial charge is 0.370 e. The van der Waals surface area contributed by atoms with Crippen LogP contribution in [0.4, 0.5) is 5.69 Å². The summed E-state index contributed by atoms with van der Waals surface area (Å²) in [5.74, 6) is 0.479. The molecule has 0 aliphatic carbocycles. The number of aliphatic imine (C=N–C) groups is 1. The van der Waals surface area contributed by atoms with Crippen LogP contribution >= 0.6 is 0 Å². The molecule has 0 unspecified atom stereocenters. The summed E-state index contributed by atoms with van der Waals surface area (Å²) in [5.41, 5.74) is 9.40.